The molecule has 22 heavy (non-hydrogen) atoms. The molecule has 0 fully saturated rings. The number of benzene rings is 1. The van der Waals surface area contributed by atoms with Crippen LogP contribution in [-0.2, 0) is 10.2 Å². The van der Waals surface area contributed by atoms with Gasteiger partial charge in [-0.25, -0.2) is 0 Å². The molecule has 4 N–H and O–H groups in total. The second kappa shape index (κ2) is 6.89. The van der Waals surface area contributed by atoms with E-state index in [1.54, 1.807) is 6.92 Å². The number of H-pyrrole nitrogens is 1. The normalized spacial score (nSPS) is 12.4. The van der Waals surface area contributed by atoms with Crippen LogP contribution in [0.5, 0.6) is 0 Å². The van der Waals surface area contributed by atoms with Gasteiger partial charge in [0.15, 0.2) is 5.82 Å². The van der Waals surface area contributed by atoms with Crippen molar-refractivity contribution in [1.29, 1.82) is 0 Å². The SMILES string of the molecule is C[C@H](N)C(=O)Nc1n[nH]c(-c2ccc(C(C)(C)C)cc2)n1.Cl. The molecule has 0 radical (unpaired) electrons. The average molecular weight is 324 g/mol. The second-order valence-corrected chi connectivity index (χ2v) is 6.11. The van der Waals surface area contributed by atoms with Crippen LogP contribution in [0.1, 0.15) is 33.3 Å². The van der Waals surface area contributed by atoms with E-state index in [1.165, 1.54) is 5.56 Å². The van der Waals surface area contributed by atoms with Gasteiger partial charge in [-0.1, -0.05) is 45.0 Å². The number of nitrogens with one attached hydrogen (secondary N) is 2. The lowest BCUT2D eigenvalue weighted by molar-refractivity contribution is -0.117. The maximum absolute atomic E-state index is 11.5. The van der Waals surface area contributed by atoms with E-state index in [0.717, 1.165) is 5.56 Å². The quantitative estimate of drug-likeness (QED) is 0.808. The Morgan fingerprint density at radius 1 is 1.27 bits per heavy atom. The number of nitrogens with two attached hydrogens (primary N) is 1. The van der Waals surface area contributed by atoms with Gasteiger partial charge in [-0.2, -0.15) is 4.98 Å². The minimum atomic E-state index is -0.599. The highest BCUT2D eigenvalue weighted by atomic mass is 35.5. The monoisotopic (exact) mass is 323 g/mol. The number of carbonyl (C=O) groups is 1. The van der Waals surface area contributed by atoms with Crippen LogP contribution in [-0.4, -0.2) is 27.1 Å². The molecule has 2 aromatic rings. The lowest BCUT2D eigenvalue weighted by atomic mass is 9.87. The minimum absolute atomic E-state index is 0. The molecule has 1 aromatic heterocycles. The van der Waals surface area contributed by atoms with Gasteiger partial charge in [0.2, 0.25) is 11.9 Å². The van der Waals surface area contributed by atoms with Gasteiger partial charge >= 0.3 is 0 Å². The van der Waals surface area contributed by atoms with Crippen molar-refractivity contribution >= 4 is 24.3 Å². The molecule has 0 aliphatic carbocycles. The maximum atomic E-state index is 11.5. The second-order valence-electron chi connectivity index (χ2n) is 6.11. The Kier molecular flexibility index (Phi) is 5.68. The molecule has 6 nitrogen and oxygen atoms in total. The van der Waals surface area contributed by atoms with Gasteiger partial charge in [0, 0.05) is 5.56 Å². The summed E-state index contributed by atoms with van der Waals surface area (Å²) in [6.07, 6.45) is 0. The number of nitrogens with zero attached hydrogens (tertiary/aromatic N) is 2. The predicted molar refractivity (Wildman–Crippen MR) is 90.0 cm³/mol. The van der Waals surface area contributed by atoms with E-state index in [1.807, 2.05) is 12.1 Å². The third kappa shape index (κ3) is 4.29. The standard InChI is InChI=1S/C15H21N5O.ClH/c1-9(16)13(21)18-14-17-12(19-20-14)10-5-7-11(8-6-10)15(2,3)4;/h5-9H,16H2,1-4H3,(H2,17,18,19,20,21);1H/t9-;/m0./s1. The van der Waals surface area contributed by atoms with Crippen LogP contribution in [0.3, 0.4) is 0 Å². The molecule has 1 aromatic carbocycles. The fourth-order valence-corrected chi connectivity index (χ4v) is 1.80. The number of rotatable bonds is 3. The zero-order valence-electron chi connectivity index (χ0n) is 13.2. The molecule has 0 saturated heterocycles. The van der Waals surface area contributed by atoms with E-state index in [0.29, 0.717) is 5.82 Å². The van der Waals surface area contributed by atoms with E-state index < -0.39 is 6.04 Å². The number of aromatic amines is 1. The van der Waals surface area contributed by atoms with Gasteiger partial charge in [-0.15, -0.1) is 17.5 Å². The minimum Gasteiger partial charge on any atom is -0.320 e. The third-order valence-corrected chi connectivity index (χ3v) is 3.16. The largest absolute Gasteiger partial charge is 0.320 e. The van der Waals surface area contributed by atoms with Crippen LogP contribution in [0.2, 0.25) is 0 Å². The Bertz CT molecular complexity index is 628. The molecule has 7 heteroatoms. The molecule has 2 rings (SSSR count). The van der Waals surface area contributed by atoms with Crippen molar-refractivity contribution < 1.29 is 4.79 Å². The Balaban J connectivity index is 0.00000242. The fraction of sp³-hybridized carbons (Fsp3) is 0.400. The molecule has 1 amide bonds. The van der Waals surface area contributed by atoms with Gasteiger partial charge in [-0.3, -0.25) is 15.2 Å². The first-order valence-corrected chi connectivity index (χ1v) is 6.87. The summed E-state index contributed by atoms with van der Waals surface area (Å²) >= 11 is 0. The number of hydrogen-bond donors (Lipinski definition) is 3. The highest BCUT2D eigenvalue weighted by molar-refractivity contribution is 5.92. The van der Waals surface area contributed by atoms with Gasteiger partial charge in [0.05, 0.1) is 6.04 Å². The van der Waals surface area contributed by atoms with Crippen molar-refractivity contribution in [2.24, 2.45) is 5.73 Å². The third-order valence-electron chi connectivity index (χ3n) is 3.16. The Hall–Kier alpha value is -1.92. The summed E-state index contributed by atoms with van der Waals surface area (Å²) < 4.78 is 0. The van der Waals surface area contributed by atoms with Crippen LogP contribution in [0.4, 0.5) is 5.95 Å². The van der Waals surface area contributed by atoms with Gasteiger partial charge in [0.25, 0.3) is 0 Å². The number of hydrogen-bond acceptors (Lipinski definition) is 4. The molecule has 0 spiro atoms. The van der Waals surface area contributed by atoms with E-state index >= 15 is 0 Å². The number of carbonyl (C=O) groups excluding carboxylic acids is 1. The predicted octanol–water partition coefficient (Wildman–Crippen LogP) is 2.48. The highest BCUT2D eigenvalue weighted by Gasteiger charge is 2.15. The summed E-state index contributed by atoms with van der Waals surface area (Å²) in [5, 5.41) is 9.32. The first-order valence-electron chi connectivity index (χ1n) is 6.87. The topological polar surface area (TPSA) is 96.7 Å². The van der Waals surface area contributed by atoms with Crippen LogP contribution < -0.4 is 11.1 Å². The molecule has 0 bridgehead atoms. The van der Waals surface area contributed by atoms with Crippen molar-refractivity contribution in [3.63, 3.8) is 0 Å². The molecule has 0 saturated carbocycles. The van der Waals surface area contributed by atoms with Crippen LogP contribution in [0.25, 0.3) is 11.4 Å². The summed E-state index contributed by atoms with van der Waals surface area (Å²) in [6, 6.07) is 7.50. The molecule has 1 heterocycles. The average Bonchev–Trinajstić information content (AvgIpc) is 2.86. The lowest BCUT2D eigenvalue weighted by Crippen LogP contribution is -2.32. The van der Waals surface area contributed by atoms with Crippen LogP contribution in [0, 0.1) is 0 Å². The van der Waals surface area contributed by atoms with Crippen molar-refractivity contribution in [3.05, 3.63) is 29.8 Å². The Morgan fingerprint density at radius 3 is 2.36 bits per heavy atom. The summed E-state index contributed by atoms with van der Waals surface area (Å²) in [5.41, 5.74) is 7.75. The maximum Gasteiger partial charge on any atom is 0.249 e. The lowest BCUT2D eigenvalue weighted by Gasteiger charge is -2.18. The summed E-state index contributed by atoms with van der Waals surface area (Å²) in [6.45, 7) is 8.10. The van der Waals surface area contributed by atoms with Crippen molar-refractivity contribution in [2.45, 2.75) is 39.2 Å². The van der Waals surface area contributed by atoms with E-state index in [4.69, 9.17) is 5.73 Å². The summed E-state index contributed by atoms with van der Waals surface area (Å²) in [4.78, 5) is 15.7. The van der Waals surface area contributed by atoms with Gasteiger partial charge in [-0.05, 0) is 17.9 Å². The number of amides is 1. The number of aromatic nitrogens is 3. The number of anilines is 1. The van der Waals surface area contributed by atoms with Crippen molar-refractivity contribution in [2.75, 3.05) is 5.32 Å². The smallest absolute Gasteiger partial charge is 0.249 e. The van der Waals surface area contributed by atoms with E-state index in [-0.39, 0.29) is 29.7 Å². The van der Waals surface area contributed by atoms with Gasteiger partial charge in [0.1, 0.15) is 0 Å². The zero-order valence-corrected chi connectivity index (χ0v) is 14.0. The Morgan fingerprint density at radius 2 is 1.86 bits per heavy atom. The Labute approximate surface area is 136 Å². The first-order chi connectivity index (χ1) is 9.77. The molecule has 1 atom stereocenters. The summed E-state index contributed by atoms with van der Waals surface area (Å²) in [5.74, 6) is 0.520. The fourth-order valence-electron chi connectivity index (χ4n) is 1.80. The van der Waals surface area contributed by atoms with Crippen LogP contribution >= 0.6 is 12.4 Å². The van der Waals surface area contributed by atoms with Crippen molar-refractivity contribution in [1.82, 2.24) is 15.2 Å². The molecule has 0 aliphatic heterocycles. The highest BCUT2D eigenvalue weighted by Crippen LogP contribution is 2.24. The van der Waals surface area contributed by atoms with Crippen molar-refractivity contribution in [3.8, 4) is 11.4 Å². The molecule has 120 valence electrons. The van der Waals surface area contributed by atoms with E-state index in [2.05, 4.69) is 53.4 Å². The van der Waals surface area contributed by atoms with E-state index in [9.17, 15) is 4.79 Å². The molecular weight excluding hydrogens is 302 g/mol. The van der Waals surface area contributed by atoms with Gasteiger partial charge < -0.3 is 5.73 Å². The number of halogens is 1. The first kappa shape index (κ1) is 18.1. The zero-order chi connectivity index (χ0) is 15.6. The molecule has 0 unspecified atom stereocenters. The summed E-state index contributed by atoms with van der Waals surface area (Å²) in [7, 11) is 0. The molecule has 0 aliphatic rings. The molecular formula is C15H22ClN5O. The van der Waals surface area contributed by atoms with Crippen LogP contribution in [0.15, 0.2) is 24.3 Å².